The minimum absolute atomic E-state index is 0.444. The summed E-state index contributed by atoms with van der Waals surface area (Å²) in [6.45, 7) is 5.07. The van der Waals surface area contributed by atoms with Crippen molar-refractivity contribution < 1.29 is 4.74 Å². The SMILES string of the molecule is COCCCn1c(C)cnc1C1CCCCN1. The third-order valence-electron chi connectivity index (χ3n) is 3.44. The smallest absolute Gasteiger partial charge is 0.126 e. The Labute approximate surface area is 103 Å². The molecule has 1 aliphatic rings. The molecule has 2 heterocycles. The van der Waals surface area contributed by atoms with E-state index < -0.39 is 0 Å². The Morgan fingerprint density at radius 2 is 2.41 bits per heavy atom. The van der Waals surface area contributed by atoms with Crippen molar-refractivity contribution in [3.8, 4) is 0 Å². The molecule has 96 valence electrons. The van der Waals surface area contributed by atoms with E-state index in [1.807, 2.05) is 6.20 Å². The number of nitrogens with one attached hydrogen (secondary N) is 1. The average molecular weight is 237 g/mol. The lowest BCUT2D eigenvalue weighted by Crippen LogP contribution is -2.29. The maximum atomic E-state index is 5.12. The van der Waals surface area contributed by atoms with Crippen LogP contribution < -0.4 is 5.32 Å². The molecule has 0 bridgehead atoms. The monoisotopic (exact) mass is 237 g/mol. The van der Waals surface area contributed by atoms with Crippen molar-refractivity contribution in [3.63, 3.8) is 0 Å². The van der Waals surface area contributed by atoms with Crippen molar-refractivity contribution in [3.05, 3.63) is 17.7 Å². The van der Waals surface area contributed by atoms with Crippen molar-refractivity contribution in [2.45, 2.75) is 45.2 Å². The van der Waals surface area contributed by atoms with Crippen molar-refractivity contribution in [1.82, 2.24) is 14.9 Å². The highest BCUT2D eigenvalue weighted by molar-refractivity contribution is 5.08. The van der Waals surface area contributed by atoms with Crippen LogP contribution in [0.4, 0.5) is 0 Å². The molecule has 4 nitrogen and oxygen atoms in total. The van der Waals surface area contributed by atoms with Crippen LogP contribution in [-0.2, 0) is 11.3 Å². The standard InChI is InChI=1S/C13H23N3O/c1-11-10-15-13(12-6-3-4-7-14-12)16(11)8-5-9-17-2/h10,12,14H,3-9H2,1-2H3. The molecule has 0 saturated carbocycles. The summed E-state index contributed by atoms with van der Waals surface area (Å²) in [6, 6.07) is 0.444. The van der Waals surface area contributed by atoms with E-state index in [4.69, 9.17) is 4.74 Å². The Kier molecular flexibility index (Phi) is 4.57. The van der Waals surface area contributed by atoms with Gasteiger partial charge < -0.3 is 14.6 Å². The summed E-state index contributed by atoms with van der Waals surface area (Å²) >= 11 is 0. The summed E-state index contributed by atoms with van der Waals surface area (Å²) in [5.41, 5.74) is 1.25. The van der Waals surface area contributed by atoms with Crippen LogP contribution in [0.1, 0.15) is 43.2 Å². The Bertz CT molecular complexity index is 342. The predicted octanol–water partition coefficient (Wildman–Crippen LogP) is 2.04. The first-order valence-electron chi connectivity index (χ1n) is 6.57. The number of aromatic nitrogens is 2. The molecular weight excluding hydrogens is 214 g/mol. The van der Waals surface area contributed by atoms with E-state index in [0.717, 1.165) is 26.1 Å². The first-order valence-corrected chi connectivity index (χ1v) is 6.57. The highest BCUT2D eigenvalue weighted by Crippen LogP contribution is 2.23. The molecule has 1 aromatic heterocycles. The normalized spacial score (nSPS) is 20.7. The van der Waals surface area contributed by atoms with Gasteiger partial charge in [0.2, 0.25) is 0 Å². The fourth-order valence-corrected chi connectivity index (χ4v) is 2.49. The lowest BCUT2D eigenvalue weighted by atomic mass is 10.0. The highest BCUT2D eigenvalue weighted by Gasteiger charge is 2.20. The Balaban J connectivity index is 2.04. The predicted molar refractivity (Wildman–Crippen MR) is 68.1 cm³/mol. The van der Waals surface area contributed by atoms with Gasteiger partial charge in [-0.3, -0.25) is 0 Å². The van der Waals surface area contributed by atoms with Gasteiger partial charge in [-0.2, -0.15) is 0 Å². The number of hydrogen-bond donors (Lipinski definition) is 1. The second-order valence-corrected chi connectivity index (χ2v) is 4.76. The van der Waals surface area contributed by atoms with Crippen LogP contribution in [0.5, 0.6) is 0 Å². The minimum Gasteiger partial charge on any atom is -0.385 e. The molecule has 1 aliphatic heterocycles. The molecule has 4 heteroatoms. The van der Waals surface area contributed by atoms with E-state index in [1.54, 1.807) is 7.11 Å². The van der Waals surface area contributed by atoms with Crippen molar-refractivity contribution in [2.24, 2.45) is 0 Å². The van der Waals surface area contributed by atoms with Crippen molar-refractivity contribution in [1.29, 1.82) is 0 Å². The highest BCUT2D eigenvalue weighted by atomic mass is 16.5. The molecule has 1 aromatic rings. The first kappa shape index (κ1) is 12.6. The summed E-state index contributed by atoms with van der Waals surface area (Å²) in [5.74, 6) is 1.21. The molecule has 1 N–H and O–H groups in total. The van der Waals surface area contributed by atoms with E-state index in [-0.39, 0.29) is 0 Å². The van der Waals surface area contributed by atoms with E-state index in [0.29, 0.717) is 6.04 Å². The molecular formula is C13H23N3O. The second kappa shape index (κ2) is 6.17. The molecule has 0 aromatic carbocycles. The molecule has 2 rings (SSSR count). The number of methoxy groups -OCH3 is 1. The van der Waals surface area contributed by atoms with E-state index in [2.05, 4.69) is 21.8 Å². The van der Waals surface area contributed by atoms with Gasteiger partial charge in [0.25, 0.3) is 0 Å². The third-order valence-corrected chi connectivity index (χ3v) is 3.44. The van der Waals surface area contributed by atoms with E-state index in [1.165, 1.54) is 30.8 Å². The summed E-state index contributed by atoms with van der Waals surface area (Å²) in [7, 11) is 1.75. The van der Waals surface area contributed by atoms with Crippen molar-refractivity contribution in [2.75, 3.05) is 20.3 Å². The molecule has 0 amide bonds. The Hall–Kier alpha value is -0.870. The Morgan fingerprint density at radius 3 is 3.12 bits per heavy atom. The van der Waals surface area contributed by atoms with Crippen LogP contribution in [0.2, 0.25) is 0 Å². The van der Waals surface area contributed by atoms with Gasteiger partial charge in [0.05, 0.1) is 6.04 Å². The number of hydrogen-bond acceptors (Lipinski definition) is 3. The largest absolute Gasteiger partial charge is 0.385 e. The summed E-state index contributed by atoms with van der Waals surface area (Å²) in [6.07, 6.45) is 6.84. The zero-order valence-electron chi connectivity index (χ0n) is 10.9. The maximum Gasteiger partial charge on any atom is 0.126 e. The number of piperidine rings is 1. The fraction of sp³-hybridized carbons (Fsp3) is 0.769. The maximum absolute atomic E-state index is 5.12. The lowest BCUT2D eigenvalue weighted by molar-refractivity contribution is 0.189. The second-order valence-electron chi connectivity index (χ2n) is 4.76. The number of nitrogens with zero attached hydrogens (tertiary/aromatic N) is 2. The zero-order valence-corrected chi connectivity index (χ0v) is 10.9. The van der Waals surface area contributed by atoms with Crippen LogP contribution in [0, 0.1) is 6.92 Å². The van der Waals surface area contributed by atoms with Crippen LogP contribution in [0.25, 0.3) is 0 Å². The van der Waals surface area contributed by atoms with E-state index in [9.17, 15) is 0 Å². The fourth-order valence-electron chi connectivity index (χ4n) is 2.49. The Morgan fingerprint density at radius 1 is 1.53 bits per heavy atom. The molecule has 1 atom stereocenters. The lowest BCUT2D eigenvalue weighted by Gasteiger charge is -2.24. The summed E-state index contributed by atoms with van der Waals surface area (Å²) in [4.78, 5) is 4.58. The first-order chi connectivity index (χ1) is 8.33. The number of imidazole rings is 1. The van der Waals surface area contributed by atoms with Gasteiger partial charge >= 0.3 is 0 Å². The quantitative estimate of drug-likeness (QED) is 0.797. The molecule has 17 heavy (non-hydrogen) atoms. The number of aryl methyl sites for hydroxylation is 1. The zero-order chi connectivity index (χ0) is 12.1. The molecule has 0 radical (unpaired) electrons. The van der Waals surface area contributed by atoms with Crippen molar-refractivity contribution >= 4 is 0 Å². The molecule has 1 saturated heterocycles. The van der Waals surface area contributed by atoms with Gasteiger partial charge in [0.15, 0.2) is 0 Å². The molecule has 0 aliphatic carbocycles. The van der Waals surface area contributed by atoms with Gasteiger partial charge in [-0.25, -0.2) is 4.98 Å². The van der Waals surface area contributed by atoms with Gasteiger partial charge in [-0.1, -0.05) is 6.42 Å². The summed E-state index contributed by atoms with van der Waals surface area (Å²) < 4.78 is 7.45. The van der Waals surface area contributed by atoms with Gasteiger partial charge in [-0.05, 0) is 32.7 Å². The van der Waals surface area contributed by atoms with Crippen LogP contribution in [0.15, 0.2) is 6.20 Å². The minimum atomic E-state index is 0.444. The van der Waals surface area contributed by atoms with Crippen LogP contribution >= 0.6 is 0 Å². The van der Waals surface area contributed by atoms with Gasteiger partial charge in [0.1, 0.15) is 5.82 Å². The van der Waals surface area contributed by atoms with Crippen LogP contribution in [-0.4, -0.2) is 29.8 Å². The third kappa shape index (κ3) is 3.07. The average Bonchev–Trinajstić information content (AvgIpc) is 2.73. The van der Waals surface area contributed by atoms with Crippen LogP contribution in [0.3, 0.4) is 0 Å². The van der Waals surface area contributed by atoms with Gasteiger partial charge in [0, 0.05) is 32.2 Å². The topological polar surface area (TPSA) is 39.1 Å². The molecule has 0 spiro atoms. The van der Waals surface area contributed by atoms with E-state index >= 15 is 0 Å². The van der Waals surface area contributed by atoms with Gasteiger partial charge in [-0.15, -0.1) is 0 Å². The molecule has 1 unspecified atom stereocenters. The number of ether oxygens (including phenoxy) is 1. The number of rotatable bonds is 5. The summed E-state index contributed by atoms with van der Waals surface area (Å²) in [5, 5.41) is 3.56. The molecule has 1 fully saturated rings.